The molecule has 23 heavy (non-hydrogen) atoms. The van der Waals surface area contributed by atoms with Crippen LogP contribution in [0.3, 0.4) is 0 Å². The molecule has 1 unspecified atom stereocenters. The molecule has 2 heteroatoms. The molecule has 0 N–H and O–H groups in total. The van der Waals surface area contributed by atoms with E-state index in [-0.39, 0.29) is 6.10 Å². The van der Waals surface area contributed by atoms with Crippen LogP contribution < -0.4 is 9.47 Å². The van der Waals surface area contributed by atoms with Gasteiger partial charge in [-0.05, 0) is 48.7 Å². The first-order valence-corrected chi connectivity index (χ1v) is 7.96. The van der Waals surface area contributed by atoms with Crippen LogP contribution in [0.15, 0.2) is 78.9 Å². The van der Waals surface area contributed by atoms with Crippen LogP contribution in [0.2, 0.25) is 0 Å². The summed E-state index contributed by atoms with van der Waals surface area (Å²) in [6, 6.07) is 26.2. The van der Waals surface area contributed by atoms with Gasteiger partial charge in [0.25, 0.3) is 0 Å². The van der Waals surface area contributed by atoms with Gasteiger partial charge in [0.1, 0.15) is 23.4 Å². The van der Waals surface area contributed by atoms with Crippen molar-refractivity contribution in [2.45, 2.75) is 18.9 Å². The zero-order valence-corrected chi connectivity index (χ0v) is 12.8. The van der Waals surface area contributed by atoms with E-state index >= 15 is 0 Å². The van der Waals surface area contributed by atoms with Crippen LogP contribution in [-0.4, -0.2) is 0 Å². The fourth-order valence-corrected chi connectivity index (χ4v) is 3.08. The minimum absolute atomic E-state index is 0.103. The van der Waals surface area contributed by atoms with Crippen LogP contribution in [0, 0.1) is 0 Å². The molecule has 0 radical (unpaired) electrons. The summed E-state index contributed by atoms with van der Waals surface area (Å²) in [6.45, 7) is 0. The number of hydrogen-bond donors (Lipinski definition) is 0. The highest BCUT2D eigenvalue weighted by atomic mass is 16.5. The Kier molecular flexibility index (Phi) is 3.73. The molecule has 0 saturated heterocycles. The number of benzene rings is 3. The molecule has 1 aliphatic carbocycles. The molecule has 0 aromatic heterocycles. The SMILES string of the molecule is c1ccc(Oc2cccc3c2CCC3Oc2ccccc2)cc1. The third-order valence-corrected chi connectivity index (χ3v) is 4.17. The highest BCUT2D eigenvalue weighted by Crippen LogP contribution is 2.40. The quantitative estimate of drug-likeness (QED) is 0.629. The van der Waals surface area contributed by atoms with Gasteiger partial charge in [-0.15, -0.1) is 0 Å². The zero-order chi connectivity index (χ0) is 15.5. The lowest BCUT2D eigenvalue weighted by Crippen LogP contribution is -2.03. The van der Waals surface area contributed by atoms with E-state index in [9.17, 15) is 0 Å². The standard InChI is InChI=1S/C21H18O2/c1-3-8-16(9-4-1)22-20-13-7-12-18-19(20)14-15-21(18)23-17-10-5-2-6-11-17/h1-13,21H,14-15H2. The molecule has 0 heterocycles. The minimum Gasteiger partial charge on any atom is -0.486 e. The van der Waals surface area contributed by atoms with Gasteiger partial charge in [0.15, 0.2) is 0 Å². The molecule has 1 atom stereocenters. The van der Waals surface area contributed by atoms with Crippen molar-refractivity contribution in [1.82, 2.24) is 0 Å². The van der Waals surface area contributed by atoms with Crippen molar-refractivity contribution in [3.63, 3.8) is 0 Å². The average Bonchev–Trinajstić information content (AvgIpc) is 3.01. The van der Waals surface area contributed by atoms with Crippen molar-refractivity contribution in [1.29, 1.82) is 0 Å². The molecule has 1 aliphatic rings. The fourth-order valence-electron chi connectivity index (χ4n) is 3.08. The largest absolute Gasteiger partial charge is 0.486 e. The van der Waals surface area contributed by atoms with Crippen LogP contribution in [-0.2, 0) is 6.42 Å². The summed E-state index contributed by atoms with van der Waals surface area (Å²) in [5.41, 5.74) is 2.50. The normalized spacial score (nSPS) is 15.9. The molecule has 0 saturated carbocycles. The number of hydrogen-bond acceptors (Lipinski definition) is 2. The van der Waals surface area contributed by atoms with Crippen molar-refractivity contribution >= 4 is 0 Å². The monoisotopic (exact) mass is 302 g/mol. The molecule has 4 rings (SSSR count). The lowest BCUT2D eigenvalue weighted by atomic mass is 10.1. The lowest BCUT2D eigenvalue weighted by molar-refractivity contribution is 0.207. The maximum Gasteiger partial charge on any atom is 0.131 e. The lowest BCUT2D eigenvalue weighted by Gasteiger charge is -2.15. The Bertz CT molecular complexity index is 781. The van der Waals surface area contributed by atoms with E-state index in [1.54, 1.807) is 0 Å². The Labute approximate surface area is 136 Å². The van der Waals surface area contributed by atoms with E-state index in [0.29, 0.717) is 0 Å². The number of fused-ring (bicyclic) bond motifs is 1. The number of para-hydroxylation sites is 2. The van der Waals surface area contributed by atoms with Gasteiger partial charge in [-0.25, -0.2) is 0 Å². The Balaban J connectivity index is 1.59. The van der Waals surface area contributed by atoms with Gasteiger partial charge in [-0.2, -0.15) is 0 Å². The third-order valence-electron chi connectivity index (χ3n) is 4.17. The molecule has 0 spiro atoms. The van der Waals surface area contributed by atoms with Gasteiger partial charge in [-0.3, -0.25) is 0 Å². The zero-order valence-electron chi connectivity index (χ0n) is 12.8. The van der Waals surface area contributed by atoms with Crippen LogP contribution in [0.4, 0.5) is 0 Å². The Hall–Kier alpha value is -2.74. The van der Waals surface area contributed by atoms with Gasteiger partial charge in [0.05, 0.1) is 0 Å². The molecular weight excluding hydrogens is 284 g/mol. The molecule has 0 fully saturated rings. The van der Waals surface area contributed by atoms with Crippen molar-refractivity contribution < 1.29 is 9.47 Å². The molecule has 3 aromatic carbocycles. The maximum atomic E-state index is 6.15. The fraction of sp³-hybridized carbons (Fsp3) is 0.143. The molecule has 114 valence electrons. The second-order valence-corrected chi connectivity index (χ2v) is 5.70. The highest BCUT2D eigenvalue weighted by Gasteiger charge is 2.27. The summed E-state index contributed by atoms with van der Waals surface area (Å²) in [6.07, 6.45) is 2.07. The first-order valence-electron chi connectivity index (χ1n) is 7.96. The van der Waals surface area contributed by atoms with Gasteiger partial charge in [-0.1, -0.05) is 48.5 Å². The van der Waals surface area contributed by atoms with E-state index in [2.05, 4.69) is 6.07 Å². The van der Waals surface area contributed by atoms with E-state index in [4.69, 9.17) is 9.47 Å². The summed E-state index contributed by atoms with van der Waals surface area (Å²) in [5.74, 6) is 2.72. The Morgan fingerprint density at radius 2 is 1.39 bits per heavy atom. The van der Waals surface area contributed by atoms with Crippen molar-refractivity contribution in [2.24, 2.45) is 0 Å². The van der Waals surface area contributed by atoms with Crippen LogP contribution in [0.25, 0.3) is 0 Å². The van der Waals surface area contributed by atoms with Gasteiger partial charge in [0, 0.05) is 5.56 Å². The Morgan fingerprint density at radius 3 is 2.13 bits per heavy atom. The molecule has 0 amide bonds. The summed E-state index contributed by atoms with van der Waals surface area (Å²) in [7, 11) is 0. The second-order valence-electron chi connectivity index (χ2n) is 5.70. The number of rotatable bonds is 4. The Morgan fingerprint density at radius 1 is 0.696 bits per heavy atom. The van der Waals surface area contributed by atoms with E-state index in [1.165, 1.54) is 11.1 Å². The van der Waals surface area contributed by atoms with E-state index in [0.717, 1.165) is 30.1 Å². The third kappa shape index (κ3) is 2.93. The smallest absolute Gasteiger partial charge is 0.131 e. The average molecular weight is 302 g/mol. The number of ether oxygens (including phenoxy) is 2. The summed E-state index contributed by atoms with van der Waals surface area (Å²) < 4.78 is 12.2. The van der Waals surface area contributed by atoms with Crippen molar-refractivity contribution in [2.75, 3.05) is 0 Å². The first kappa shape index (κ1) is 13.9. The predicted octanol–water partition coefficient (Wildman–Crippen LogP) is 5.55. The molecule has 3 aromatic rings. The topological polar surface area (TPSA) is 18.5 Å². The summed E-state index contributed by atoms with van der Waals surface area (Å²) in [4.78, 5) is 0. The second kappa shape index (κ2) is 6.17. The maximum absolute atomic E-state index is 6.15. The van der Waals surface area contributed by atoms with Crippen molar-refractivity contribution in [3.05, 3.63) is 90.0 Å². The van der Waals surface area contributed by atoms with E-state index in [1.807, 2.05) is 72.8 Å². The molecule has 0 bridgehead atoms. The first-order chi connectivity index (χ1) is 11.4. The summed E-state index contributed by atoms with van der Waals surface area (Å²) in [5, 5.41) is 0. The van der Waals surface area contributed by atoms with Crippen LogP contribution in [0.1, 0.15) is 23.7 Å². The highest BCUT2D eigenvalue weighted by molar-refractivity contribution is 5.47. The van der Waals surface area contributed by atoms with Gasteiger partial charge >= 0.3 is 0 Å². The van der Waals surface area contributed by atoms with Crippen LogP contribution in [0.5, 0.6) is 17.2 Å². The molecule has 2 nitrogen and oxygen atoms in total. The van der Waals surface area contributed by atoms with Crippen molar-refractivity contribution in [3.8, 4) is 17.2 Å². The molecule has 0 aliphatic heterocycles. The van der Waals surface area contributed by atoms with Gasteiger partial charge in [0.2, 0.25) is 0 Å². The molecular formula is C21H18O2. The van der Waals surface area contributed by atoms with E-state index < -0.39 is 0 Å². The predicted molar refractivity (Wildman–Crippen MR) is 91.1 cm³/mol. The summed E-state index contributed by atoms with van der Waals surface area (Å²) >= 11 is 0. The minimum atomic E-state index is 0.103. The van der Waals surface area contributed by atoms with Gasteiger partial charge < -0.3 is 9.47 Å². The van der Waals surface area contributed by atoms with Crippen LogP contribution >= 0.6 is 0 Å².